The van der Waals surface area contributed by atoms with E-state index in [-0.39, 0.29) is 11.9 Å². The Morgan fingerprint density at radius 1 is 0.673 bits per heavy atom. The minimum atomic E-state index is -0.668. The summed E-state index contributed by atoms with van der Waals surface area (Å²) in [6.45, 7) is 11.5. The highest BCUT2D eigenvalue weighted by molar-refractivity contribution is 5.69. The monoisotopic (exact) mass is 769 g/mol. The summed E-state index contributed by atoms with van der Waals surface area (Å²) < 4.78 is 5.78. The smallest absolute Gasteiger partial charge is 0.306 e. The predicted octanol–water partition coefficient (Wildman–Crippen LogP) is 15.6. The van der Waals surface area contributed by atoms with Gasteiger partial charge < -0.3 is 14.9 Å². The van der Waals surface area contributed by atoms with E-state index in [4.69, 9.17) is 9.84 Å². The van der Waals surface area contributed by atoms with Crippen LogP contribution in [0.1, 0.15) is 247 Å². The van der Waals surface area contributed by atoms with E-state index in [2.05, 4.69) is 52.0 Å². The molecule has 0 aromatic carbocycles. The molecule has 0 saturated heterocycles. The Labute approximate surface area is 342 Å². The Hall–Kier alpha value is -1.65. The Morgan fingerprint density at radius 2 is 1.13 bits per heavy atom. The summed E-state index contributed by atoms with van der Waals surface area (Å²) in [7, 11) is 0. The van der Waals surface area contributed by atoms with Crippen molar-refractivity contribution in [1.82, 2.24) is 0 Å². The number of esters is 1. The average Bonchev–Trinajstić information content (AvgIpc) is 3.14. The lowest BCUT2D eigenvalue weighted by molar-refractivity contribution is -0.142. The maximum Gasteiger partial charge on any atom is 0.306 e. The summed E-state index contributed by atoms with van der Waals surface area (Å²) in [4.78, 5) is 12.6. The summed E-state index contributed by atoms with van der Waals surface area (Å²) in [5.74, 6) is 0.212. The molecule has 2 N–H and O–H groups in total. The number of rotatable bonds is 31. The summed E-state index contributed by atoms with van der Waals surface area (Å²) in [6, 6.07) is 0. The van der Waals surface area contributed by atoms with E-state index in [9.17, 15) is 9.90 Å². The summed E-state index contributed by atoms with van der Waals surface area (Å²) in [5, 5.41) is 20.3. The number of ether oxygens (including phenoxy) is 1. The highest BCUT2D eigenvalue weighted by atomic mass is 16.5. The standard InChI is InChI=1S/C51H92O4/c1-45(2)32-31-42-51(5,54)49-40-38-46(3)33-29-35-48(36-30-34-47(4)39-41-49)44-55-50(53)37-27-25-23-21-19-17-15-13-11-9-7-6-8-10-12-14-16-18-20-22-24-26-28-43-52/h32-33,36,39,49,52,54H,6-31,34-35,37-38,40-44H2,1-5H3/b46-33+,47-39-,48-36-. The van der Waals surface area contributed by atoms with Crippen molar-refractivity contribution in [3.63, 3.8) is 0 Å². The number of unbranched alkanes of at least 4 members (excludes halogenated alkanes) is 22. The minimum Gasteiger partial charge on any atom is -0.461 e. The highest BCUT2D eigenvalue weighted by Gasteiger charge is 2.30. The molecule has 2 unspecified atom stereocenters. The van der Waals surface area contributed by atoms with E-state index >= 15 is 0 Å². The quantitative estimate of drug-likeness (QED) is 0.0419. The molecule has 4 nitrogen and oxygen atoms in total. The van der Waals surface area contributed by atoms with E-state index in [0.717, 1.165) is 77.0 Å². The van der Waals surface area contributed by atoms with Gasteiger partial charge in [0.15, 0.2) is 0 Å². The van der Waals surface area contributed by atoms with Crippen molar-refractivity contribution >= 4 is 5.97 Å². The largest absolute Gasteiger partial charge is 0.461 e. The molecule has 55 heavy (non-hydrogen) atoms. The van der Waals surface area contributed by atoms with Crippen LogP contribution in [0.3, 0.4) is 0 Å². The van der Waals surface area contributed by atoms with Gasteiger partial charge in [0, 0.05) is 13.0 Å². The summed E-state index contributed by atoms with van der Waals surface area (Å²) in [5.41, 5.74) is 4.67. The molecule has 0 spiro atoms. The van der Waals surface area contributed by atoms with Gasteiger partial charge in [-0.2, -0.15) is 0 Å². The lowest BCUT2D eigenvalue weighted by Crippen LogP contribution is -2.34. The predicted molar refractivity (Wildman–Crippen MR) is 240 cm³/mol. The number of allylic oxidation sites excluding steroid dienone is 7. The molecule has 1 rings (SSSR count). The third kappa shape index (κ3) is 32.0. The molecule has 1 aliphatic rings. The molecule has 0 saturated carbocycles. The van der Waals surface area contributed by atoms with Crippen molar-refractivity contribution in [3.05, 3.63) is 46.6 Å². The van der Waals surface area contributed by atoms with Crippen molar-refractivity contribution in [1.29, 1.82) is 0 Å². The zero-order valence-electron chi connectivity index (χ0n) is 37.3. The number of hydrogen-bond donors (Lipinski definition) is 2. The van der Waals surface area contributed by atoms with Crippen LogP contribution in [0.5, 0.6) is 0 Å². The topological polar surface area (TPSA) is 66.8 Å². The van der Waals surface area contributed by atoms with Crippen molar-refractivity contribution in [2.24, 2.45) is 5.92 Å². The second-order valence-corrected chi connectivity index (χ2v) is 18.0. The Bertz CT molecular complexity index is 1040. The van der Waals surface area contributed by atoms with Crippen LogP contribution in [0, 0.1) is 5.92 Å². The number of aliphatic hydroxyl groups is 2. The first-order chi connectivity index (χ1) is 26.6. The fourth-order valence-corrected chi connectivity index (χ4v) is 8.07. The van der Waals surface area contributed by atoms with Gasteiger partial charge in [-0.25, -0.2) is 0 Å². The van der Waals surface area contributed by atoms with E-state index in [1.807, 2.05) is 6.92 Å². The van der Waals surface area contributed by atoms with Gasteiger partial charge in [-0.05, 0) is 117 Å². The van der Waals surface area contributed by atoms with Crippen LogP contribution < -0.4 is 0 Å². The van der Waals surface area contributed by atoms with Crippen LogP contribution in [0.2, 0.25) is 0 Å². The van der Waals surface area contributed by atoms with E-state index in [1.54, 1.807) is 0 Å². The van der Waals surface area contributed by atoms with Crippen LogP contribution in [-0.4, -0.2) is 35.0 Å². The van der Waals surface area contributed by atoms with Gasteiger partial charge in [-0.15, -0.1) is 0 Å². The average molecular weight is 769 g/mol. The van der Waals surface area contributed by atoms with Crippen LogP contribution >= 0.6 is 0 Å². The van der Waals surface area contributed by atoms with Gasteiger partial charge in [-0.3, -0.25) is 4.79 Å². The molecule has 0 amide bonds. The SMILES string of the molecule is CC(C)=CCCC(C)(O)C1C/C=C(/C)CC/C=C(\COC(=O)CCCCCCCCCCCCCCCCCCCCCCCCCO)CC/C=C(\C)CC1. The first-order valence-corrected chi connectivity index (χ1v) is 23.8. The molecule has 0 aromatic rings. The number of hydrogen-bond acceptors (Lipinski definition) is 4. The van der Waals surface area contributed by atoms with Crippen molar-refractivity contribution in [3.8, 4) is 0 Å². The summed E-state index contributed by atoms with van der Waals surface area (Å²) >= 11 is 0. The maximum absolute atomic E-state index is 12.6. The van der Waals surface area contributed by atoms with Crippen LogP contribution in [0.25, 0.3) is 0 Å². The van der Waals surface area contributed by atoms with Gasteiger partial charge >= 0.3 is 5.97 Å². The molecule has 1 aliphatic carbocycles. The molecule has 0 aliphatic heterocycles. The molecule has 0 radical (unpaired) electrons. The first kappa shape index (κ1) is 51.4. The lowest BCUT2D eigenvalue weighted by atomic mass is 9.79. The zero-order chi connectivity index (χ0) is 40.2. The molecule has 0 bridgehead atoms. The molecular formula is C51H92O4. The fourth-order valence-electron chi connectivity index (χ4n) is 8.07. The van der Waals surface area contributed by atoms with Gasteiger partial charge in [0.2, 0.25) is 0 Å². The highest BCUT2D eigenvalue weighted by Crippen LogP contribution is 2.32. The molecule has 2 atom stereocenters. The number of carbonyl (C=O) groups is 1. The normalized spacial score (nSPS) is 19.9. The first-order valence-electron chi connectivity index (χ1n) is 23.8. The molecule has 0 fully saturated rings. The second kappa shape index (κ2) is 35.5. The Morgan fingerprint density at radius 3 is 1.62 bits per heavy atom. The van der Waals surface area contributed by atoms with Crippen LogP contribution in [0.15, 0.2) is 46.6 Å². The van der Waals surface area contributed by atoms with Gasteiger partial charge in [0.1, 0.15) is 6.61 Å². The molecule has 320 valence electrons. The zero-order valence-corrected chi connectivity index (χ0v) is 37.3. The van der Waals surface area contributed by atoms with Crippen molar-refractivity contribution in [2.45, 2.75) is 252 Å². The minimum absolute atomic E-state index is 0.0429. The summed E-state index contributed by atoms with van der Waals surface area (Å²) in [6.07, 6.45) is 48.9. The third-order valence-corrected chi connectivity index (χ3v) is 12.1. The van der Waals surface area contributed by atoms with Gasteiger partial charge in [0.05, 0.1) is 5.60 Å². The fraction of sp³-hybridized carbons (Fsp3) is 0.824. The van der Waals surface area contributed by atoms with Gasteiger partial charge in [-0.1, -0.05) is 176 Å². The van der Waals surface area contributed by atoms with Crippen molar-refractivity contribution < 1.29 is 19.7 Å². The van der Waals surface area contributed by atoms with Gasteiger partial charge in [0.25, 0.3) is 0 Å². The third-order valence-electron chi connectivity index (χ3n) is 12.1. The maximum atomic E-state index is 12.6. The number of carbonyl (C=O) groups excluding carboxylic acids is 1. The lowest BCUT2D eigenvalue weighted by Gasteiger charge is -2.33. The molecule has 4 heteroatoms. The molecule has 0 heterocycles. The second-order valence-electron chi connectivity index (χ2n) is 18.0. The number of aliphatic hydroxyl groups excluding tert-OH is 1. The van der Waals surface area contributed by atoms with E-state index in [0.29, 0.717) is 19.6 Å². The van der Waals surface area contributed by atoms with E-state index < -0.39 is 5.60 Å². The van der Waals surface area contributed by atoms with E-state index in [1.165, 1.54) is 151 Å². The Balaban J connectivity index is 2.12. The van der Waals surface area contributed by atoms with Crippen molar-refractivity contribution in [2.75, 3.05) is 13.2 Å². The van der Waals surface area contributed by atoms with Crippen LogP contribution in [-0.2, 0) is 9.53 Å². The van der Waals surface area contributed by atoms with Crippen LogP contribution in [0.4, 0.5) is 0 Å². The molecular weight excluding hydrogens is 677 g/mol. The Kier molecular flexibility index (Phi) is 33.2. The molecule has 0 aromatic heterocycles.